The zero-order chi connectivity index (χ0) is 31.8. The summed E-state index contributed by atoms with van der Waals surface area (Å²) >= 11 is 0. The second kappa shape index (κ2) is 14.9. The Bertz CT molecular complexity index is 1690. The van der Waals surface area contributed by atoms with Gasteiger partial charge in [-0.15, -0.1) is 29.9 Å². The zero-order valence-electron chi connectivity index (χ0n) is 25.7. The maximum atomic E-state index is 13.6. The Morgan fingerprint density at radius 1 is 0.915 bits per heavy atom. The minimum absolute atomic E-state index is 0. The van der Waals surface area contributed by atoms with E-state index in [1.54, 1.807) is 12.1 Å². The lowest BCUT2D eigenvalue weighted by molar-refractivity contribution is -0.146. The minimum atomic E-state index is -4.73. The number of rotatable bonds is 8. The molecule has 0 amide bonds. The molecule has 2 aliphatic rings. The van der Waals surface area contributed by atoms with Crippen LogP contribution in [0.25, 0.3) is 5.69 Å². The Kier molecular flexibility index (Phi) is 11.6. The van der Waals surface area contributed by atoms with Gasteiger partial charge < -0.3 is 4.74 Å². The predicted molar refractivity (Wildman–Crippen MR) is 176 cm³/mol. The summed E-state index contributed by atoms with van der Waals surface area (Å²) in [5, 5.41) is 10.0. The number of fused-ring (bicyclic) bond motifs is 1. The second-order valence-corrected chi connectivity index (χ2v) is 13.5. The third-order valence-corrected chi connectivity index (χ3v) is 9.90. The molecule has 4 aromatic rings. The van der Waals surface area contributed by atoms with Crippen LogP contribution in [0.1, 0.15) is 28.4 Å². The van der Waals surface area contributed by atoms with Crippen molar-refractivity contribution in [1.29, 1.82) is 0 Å². The van der Waals surface area contributed by atoms with Gasteiger partial charge in [-0.25, -0.2) is 8.42 Å². The topological polar surface area (TPSA) is 96.7 Å². The monoisotopic (exact) mass is 713 g/mol. The summed E-state index contributed by atoms with van der Waals surface area (Å²) < 4.78 is 73.9. The Hall–Kier alpha value is -3.27. The van der Waals surface area contributed by atoms with E-state index in [1.165, 1.54) is 23.7 Å². The van der Waals surface area contributed by atoms with E-state index in [0.717, 1.165) is 11.1 Å². The lowest BCUT2D eigenvalue weighted by Gasteiger charge is -2.53. The first-order chi connectivity index (χ1) is 21.5. The number of tetrazole rings is 1. The fourth-order valence-corrected chi connectivity index (χ4v) is 7.52. The molecule has 1 aromatic heterocycles. The van der Waals surface area contributed by atoms with Crippen LogP contribution in [0.3, 0.4) is 0 Å². The maximum Gasteiger partial charge on any atom is 0.453 e. The molecule has 10 nitrogen and oxygen atoms in total. The number of aromatic nitrogens is 4. The third-order valence-electron chi connectivity index (χ3n) is 8.63. The molecule has 0 spiro atoms. The highest BCUT2D eigenvalue weighted by atomic mass is 35.5. The summed E-state index contributed by atoms with van der Waals surface area (Å²) in [6.07, 6.45) is -3.49. The first kappa shape index (κ1) is 36.6. The van der Waals surface area contributed by atoms with E-state index in [9.17, 15) is 21.6 Å². The molecular formula is C31H36Cl2F3N7O3S. The number of nitrogens with zero attached hydrogens (tertiary/aromatic N) is 7. The molecule has 2 saturated heterocycles. The van der Waals surface area contributed by atoms with Crippen molar-refractivity contribution < 1.29 is 26.3 Å². The molecule has 2 aliphatic heterocycles. The van der Waals surface area contributed by atoms with Crippen molar-refractivity contribution in [3.05, 3.63) is 101 Å². The van der Waals surface area contributed by atoms with Gasteiger partial charge >= 0.3 is 6.18 Å². The van der Waals surface area contributed by atoms with E-state index < -0.39 is 22.0 Å². The van der Waals surface area contributed by atoms with Crippen LogP contribution >= 0.6 is 24.8 Å². The van der Waals surface area contributed by atoms with Crippen molar-refractivity contribution in [3.63, 3.8) is 0 Å². The number of piperazine rings is 2. The van der Waals surface area contributed by atoms with E-state index in [4.69, 9.17) is 4.74 Å². The maximum absolute atomic E-state index is 13.6. The lowest BCUT2D eigenvalue weighted by Crippen LogP contribution is -2.67. The first-order valence-electron chi connectivity index (χ1n) is 14.6. The molecule has 0 radical (unpaired) electrons. The fourth-order valence-electron chi connectivity index (χ4n) is 6.67. The van der Waals surface area contributed by atoms with Crippen molar-refractivity contribution in [1.82, 2.24) is 34.3 Å². The SMILES string of the molecule is COc1ccc(-n2nnnc2C(F)(F)F)cc1CN1C[C@@H]2CN(S(C)(=O)=O)CCN2[C@H](C(c2ccccc2)c2ccccc2)C1.Cl.Cl. The Morgan fingerprint density at radius 3 is 2.13 bits per heavy atom. The summed E-state index contributed by atoms with van der Waals surface area (Å²) in [6, 6.07) is 25.1. The number of hydrogen-bond donors (Lipinski definition) is 0. The van der Waals surface area contributed by atoms with Crippen LogP contribution in [-0.4, -0.2) is 101 Å². The van der Waals surface area contributed by atoms with Gasteiger partial charge in [0.2, 0.25) is 10.0 Å². The molecule has 3 aromatic carbocycles. The van der Waals surface area contributed by atoms with Gasteiger partial charge in [0.1, 0.15) is 5.75 Å². The van der Waals surface area contributed by atoms with Crippen molar-refractivity contribution in [2.75, 3.05) is 46.1 Å². The third kappa shape index (κ3) is 7.90. The normalized spacial score (nSPS) is 19.4. The minimum Gasteiger partial charge on any atom is -0.496 e. The molecule has 3 heterocycles. The highest BCUT2D eigenvalue weighted by Crippen LogP contribution is 2.37. The number of benzene rings is 3. The Balaban J connectivity index is 0.00000250. The molecule has 2 atom stereocenters. The molecule has 0 saturated carbocycles. The summed E-state index contributed by atoms with van der Waals surface area (Å²) in [4.78, 5) is 4.68. The van der Waals surface area contributed by atoms with Crippen LogP contribution in [0, 0.1) is 0 Å². The molecule has 16 heteroatoms. The molecule has 0 unspecified atom stereocenters. The summed E-state index contributed by atoms with van der Waals surface area (Å²) in [6.45, 7) is 2.90. The highest BCUT2D eigenvalue weighted by Gasteiger charge is 2.44. The van der Waals surface area contributed by atoms with Gasteiger partial charge in [-0.1, -0.05) is 60.7 Å². The van der Waals surface area contributed by atoms with Crippen LogP contribution in [-0.2, 0) is 22.7 Å². The zero-order valence-corrected chi connectivity index (χ0v) is 28.1. The number of sulfonamides is 1. The van der Waals surface area contributed by atoms with Crippen LogP contribution in [0.15, 0.2) is 78.9 Å². The van der Waals surface area contributed by atoms with Crippen LogP contribution < -0.4 is 4.74 Å². The highest BCUT2D eigenvalue weighted by molar-refractivity contribution is 7.88. The number of hydrogen-bond acceptors (Lipinski definition) is 8. The van der Waals surface area contributed by atoms with Gasteiger partial charge in [0.15, 0.2) is 0 Å². The average molecular weight is 715 g/mol. The Labute approximate surface area is 284 Å². The van der Waals surface area contributed by atoms with Gasteiger partial charge in [-0.05, 0) is 39.8 Å². The molecular weight excluding hydrogens is 678 g/mol. The molecule has 0 bridgehead atoms. The summed E-state index contributed by atoms with van der Waals surface area (Å²) in [5.41, 5.74) is 3.12. The van der Waals surface area contributed by atoms with E-state index in [-0.39, 0.29) is 48.5 Å². The van der Waals surface area contributed by atoms with Crippen molar-refractivity contribution in [2.24, 2.45) is 0 Å². The predicted octanol–water partition coefficient (Wildman–Crippen LogP) is 4.50. The smallest absolute Gasteiger partial charge is 0.453 e. The van der Waals surface area contributed by atoms with Gasteiger partial charge in [-0.2, -0.15) is 22.2 Å². The van der Waals surface area contributed by atoms with E-state index in [1.807, 2.05) is 36.4 Å². The molecule has 6 rings (SSSR count). The summed E-state index contributed by atoms with van der Waals surface area (Å²) in [5.74, 6) is -0.710. The van der Waals surface area contributed by atoms with Gasteiger partial charge in [-0.3, -0.25) is 9.80 Å². The van der Waals surface area contributed by atoms with E-state index >= 15 is 0 Å². The number of methoxy groups -OCH3 is 1. The van der Waals surface area contributed by atoms with Gasteiger partial charge in [0.05, 0.1) is 19.1 Å². The second-order valence-electron chi connectivity index (χ2n) is 11.5. The number of alkyl halides is 3. The van der Waals surface area contributed by atoms with Crippen molar-refractivity contribution in [2.45, 2.75) is 30.7 Å². The molecule has 0 aliphatic carbocycles. The van der Waals surface area contributed by atoms with Crippen LogP contribution in [0.5, 0.6) is 5.75 Å². The van der Waals surface area contributed by atoms with Crippen molar-refractivity contribution in [3.8, 4) is 11.4 Å². The molecule has 2 fully saturated rings. The first-order valence-corrected chi connectivity index (χ1v) is 16.4. The fraction of sp³-hybridized carbons (Fsp3) is 0.387. The van der Waals surface area contributed by atoms with E-state index in [0.29, 0.717) is 55.3 Å². The lowest BCUT2D eigenvalue weighted by atomic mass is 9.81. The van der Waals surface area contributed by atoms with E-state index in [2.05, 4.69) is 49.6 Å². The number of ether oxygens (including phenoxy) is 1. The molecule has 47 heavy (non-hydrogen) atoms. The summed E-state index contributed by atoms with van der Waals surface area (Å²) in [7, 11) is -1.88. The number of halogens is 5. The van der Waals surface area contributed by atoms with Crippen LogP contribution in [0.4, 0.5) is 13.2 Å². The average Bonchev–Trinajstić information content (AvgIpc) is 3.53. The Morgan fingerprint density at radius 2 is 1.55 bits per heavy atom. The largest absolute Gasteiger partial charge is 0.496 e. The van der Waals surface area contributed by atoms with Gasteiger partial charge in [0, 0.05) is 62.8 Å². The quantitative estimate of drug-likeness (QED) is 0.264. The molecule has 254 valence electrons. The van der Waals surface area contributed by atoms with Gasteiger partial charge in [0.25, 0.3) is 5.82 Å². The van der Waals surface area contributed by atoms with Crippen molar-refractivity contribution >= 4 is 34.8 Å². The molecule has 0 N–H and O–H groups in total. The standard InChI is InChI=1S/C31H34F3N7O3S.2ClH/c1-44-28-14-13-25(41-30(31(32,33)34)35-36-37-41)17-24(28)18-38-19-26-20-39(45(2,42)43)15-16-40(26)27(21-38)29(22-9-5-3-6-10-22)23-11-7-4-8-12-23;;/h3-14,17,26-27,29H,15-16,18-21H2,1-2H3;2*1H/t26-,27+;;/m1../s1. The van der Waals surface area contributed by atoms with Crippen LogP contribution in [0.2, 0.25) is 0 Å².